The Labute approximate surface area is 151 Å². The van der Waals surface area contributed by atoms with E-state index in [0.29, 0.717) is 11.7 Å². The third-order valence-corrected chi connectivity index (χ3v) is 5.32. The molecular weight excluding hydrogens is 336 g/mol. The SMILES string of the molecule is Cc1nn(C)c(Cl)c1CN[C@@H]1CCCc2c1cnn2-c1ccccn1. The number of hydrogen-bond donors (Lipinski definition) is 1. The monoisotopic (exact) mass is 356 g/mol. The average Bonchev–Trinajstić information content (AvgIpc) is 3.16. The van der Waals surface area contributed by atoms with Crippen LogP contribution in [0.5, 0.6) is 0 Å². The number of halogens is 1. The van der Waals surface area contributed by atoms with Gasteiger partial charge in [0.15, 0.2) is 5.82 Å². The number of nitrogens with zero attached hydrogens (tertiary/aromatic N) is 5. The molecule has 130 valence electrons. The molecule has 0 bridgehead atoms. The van der Waals surface area contributed by atoms with Crippen LogP contribution < -0.4 is 5.32 Å². The number of rotatable bonds is 4. The Hall–Kier alpha value is -2.18. The lowest BCUT2D eigenvalue weighted by Gasteiger charge is -2.24. The summed E-state index contributed by atoms with van der Waals surface area (Å²) in [4.78, 5) is 4.43. The minimum atomic E-state index is 0.275. The topological polar surface area (TPSA) is 60.6 Å². The van der Waals surface area contributed by atoms with Crippen molar-refractivity contribution in [1.29, 1.82) is 0 Å². The van der Waals surface area contributed by atoms with E-state index >= 15 is 0 Å². The number of aryl methyl sites for hydroxylation is 2. The number of fused-ring (bicyclic) bond motifs is 1. The van der Waals surface area contributed by atoms with Crippen LogP contribution in [-0.2, 0) is 20.0 Å². The summed E-state index contributed by atoms with van der Waals surface area (Å²) >= 11 is 6.35. The van der Waals surface area contributed by atoms with Crippen molar-refractivity contribution in [3.8, 4) is 5.82 Å². The van der Waals surface area contributed by atoms with Crippen molar-refractivity contribution < 1.29 is 0 Å². The van der Waals surface area contributed by atoms with E-state index in [-0.39, 0.29) is 6.04 Å². The molecule has 0 spiro atoms. The van der Waals surface area contributed by atoms with E-state index in [4.69, 9.17) is 11.6 Å². The Balaban J connectivity index is 1.57. The van der Waals surface area contributed by atoms with Crippen LogP contribution in [0.3, 0.4) is 0 Å². The molecule has 6 nitrogen and oxygen atoms in total. The summed E-state index contributed by atoms with van der Waals surface area (Å²) in [6, 6.07) is 6.17. The van der Waals surface area contributed by atoms with Gasteiger partial charge in [0.1, 0.15) is 5.15 Å². The van der Waals surface area contributed by atoms with Gasteiger partial charge in [-0.25, -0.2) is 9.67 Å². The Morgan fingerprint density at radius 1 is 1.36 bits per heavy atom. The zero-order valence-electron chi connectivity index (χ0n) is 14.4. The Morgan fingerprint density at radius 3 is 2.96 bits per heavy atom. The van der Waals surface area contributed by atoms with Gasteiger partial charge in [-0.1, -0.05) is 17.7 Å². The Kier molecular flexibility index (Phi) is 4.31. The predicted octanol–water partition coefficient (Wildman–Crippen LogP) is 3.13. The van der Waals surface area contributed by atoms with Crippen LogP contribution >= 0.6 is 11.6 Å². The number of nitrogens with one attached hydrogen (secondary N) is 1. The highest BCUT2D eigenvalue weighted by atomic mass is 35.5. The maximum atomic E-state index is 6.35. The van der Waals surface area contributed by atoms with E-state index in [1.807, 2.05) is 43.0 Å². The van der Waals surface area contributed by atoms with Crippen molar-refractivity contribution in [2.24, 2.45) is 7.05 Å². The summed E-state index contributed by atoms with van der Waals surface area (Å²) in [5.74, 6) is 0.871. The molecule has 3 aromatic rings. The molecule has 0 fully saturated rings. The fourth-order valence-electron chi connectivity index (χ4n) is 3.55. The van der Waals surface area contributed by atoms with Crippen LogP contribution in [0.15, 0.2) is 30.6 Å². The number of aromatic nitrogens is 5. The van der Waals surface area contributed by atoms with Crippen molar-refractivity contribution >= 4 is 11.6 Å². The number of pyridine rings is 1. The second-order valence-corrected chi connectivity index (χ2v) is 6.81. The van der Waals surface area contributed by atoms with E-state index < -0.39 is 0 Å². The molecule has 0 radical (unpaired) electrons. The lowest BCUT2D eigenvalue weighted by Crippen LogP contribution is -2.25. The van der Waals surface area contributed by atoms with Gasteiger partial charge >= 0.3 is 0 Å². The lowest BCUT2D eigenvalue weighted by molar-refractivity contribution is 0.454. The van der Waals surface area contributed by atoms with Crippen molar-refractivity contribution in [1.82, 2.24) is 29.9 Å². The van der Waals surface area contributed by atoms with Gasteiger partial charge in [-0.2, -0.15) is 10.2 Å². The molecule has 4 rings (SSSR count). The minimum absolute atomic E-state index is 0.275. The van der Waals surface area contributed by atoms with Crippen LogP contribution in [-0.4, -0.2) is 24.5 Å². The Morgan fingerprint density at radius 2 is 2.24 bits per heavy atom. The molecule has 0 amide bonds. The maximum absolute atomic E-state index is 6.35. The fraction of sp³-hybridized carbons (Fsp3) is 0.389. The van der Waals surface area contributed by atoms with E-state index in [0.717, 1.165) is 36.3 Å². The summed E-state index contributed by atoms with van der Waals surface area (Å²) in [5, 5.41) is 13.3. The molecule has 0 unspecified atom stereocenters. The van der Waals surface area contributed by atoms with Crippen LogP contribution in [0.1, 0.15) is 41.4 Å². The lowest BCUT2D eigenvalue weighted by atomic mass is 9.93. The smallest absolute Gasteiger partial charge is 0.153 e. The van der Waals surface area contributed by atoms with Gasteiger partial charge in [-0.05, 0) is 38.3 Å². The summed E-state index contributed by atoms with van der Waals surface area (Å²) < 4.78 is 3.69. The molecule has 7 heteroatoms. The highest BCUT2D eigenvalue weighted by Gasteiger charge is 2.25. The van der Waals surface area contributed by atoms with Crippen LogP contribution in [0.4, 0.5) is 0 Å². The summed E-state index contributed by atoms with van der Waals surface area (Å²) in [6.07, 6.45) is 7.02. The van der Waals surface area contributed by atoms with Crippen molar-refractivity contribution in [3.63, 3.8) is 0 Å². The second kappa shape index (κ2) is 6.61. The van der Waals surface area contributed by atoms with Gasteiger partial charge in [0.05, 0.1) is 17.6 Å². The van der Waals surface area contributed by atoms with Crippen molar-refractivity contribution in [2.45, 2.75) is 38.8 Å². The molecule has 0 aromatic carbocycles. The zero-order chi connectivity index (χ0) is 17.4. The maximum Gasteiger partial charge on any atom is 0.153 e. The first-order valence-electron chi connectivity index (χ1n) is 8.54. The van der Waals surface area contributed by atoms with Crippen LogP contribution in [0.2, 0.25) is 5.15 Å². The molecule has 25 heavy (non-hydrogen) atoms. The molecule has 1 aliphatic rings. The van der Waals surface area contributed by atoms with E-state index in [9.17, 15) is 0 Å². The van der Waals surface area contributed by atoms with Gasteiger partial charge in [0, 0.05) is 37.0 Å². The molecule has 1 N–H and O–H groups in total. The zero-order valence-corrected chi connectivity index (χ0v) is 15.2. The molecule has 0 saturated heterocycles. The first-order valence-corrected chi connectivity index (χ1v) is 8.92. The van der Waals surface area contributed by atoms with Crippen molar-refractivity contribution in [3.05, 3.63) is 58.3 Å². The highest BCUT2D eigenvalue weighted by Crippen LogP contribution is 2.31. The molecule has 0 aliphatic heterocycles. The third kappa shape index (κ3) is 2.96. The van der Waals surface area contributed by atoms with Crippen LogP contribution in [0, 0.1) is 6.92 Å². The van der Waals surface area contributed by atoms with Gasteiger partial charge in [-0.3, -0.25) is 4.68 Å². The predicted molar refractivity (Wildman–Crippen MR) is 96.8 cm³/mol. The number of hydrogen-bond acceptors (Lipinski definition) is 4. The van der Waals surface area contributed by atoms with Crippen LogP contribution in [0.25, 0.3) is 5.82 Å². The molecular formula is C18H21ClN6. The second-order valence-electron chi connectivity index (χ2n) is 6.45. The Bertz CT molecular complexity index is 883. The fourth-order valence-corrected chi connectivity index (χ4v) is 3.79. The largest absolute Gasteiger partial charge is 0.306 e. The van der Waals surface area contributed by atoms with E-state index in [1.54, 1.807) is 10.9 Å². The first kappa shape index (κ1) is 16.3. The molecule has 1 aliphatic carbocycles. The highest BCUT2D eigenvalue weighted by molar-refractivity contribution is 6.30. The summed E-state index contributed by atoms with van der Waals surface area (Å²) in [5.41, 5.74) is 4.54. The summed E-state index contributed by atoms with van der Waals surface area (Å²) in [6.45, 7) is 2.70. The molecule has 3 heterocycles. The average molecular weight is 357 g/mol. The molecule has 1 atom stereocenters. The summed E-state index contributed by atoms with van der Waals surface area (Å²) in [7, 11) is 1.87. The minimum Gasteiger partial charge on any atom is -0.306 e. The third-order valence-electron chi connectivity index (χ3n) is 4.84. The van der Waals surface area contributed by atoms with E-state index in [2.05, 4.69) is 20.5 Å². The quantitative estimate of drug-likeness (QED) is 0.780. The van der Waals surface area contributed by atoms with Gasteiger partial charge in [-0.15, -0.1) is 0 Å². The van der Waals surface area contributed by atoms with E-state index in [1.165, 1.54) is 11.3 Å². The molecule has 0 saturated carbocycles. The van der Waals surface area contributed by atoms with Gasteiger partial charge in [0.2, 0.25) is 0 Å². The molecule has 3 aromatic heterocycles. The van der Waals surface area contributed by atoms with Gasteiger partial charge < -0.3 is 5.32 Å². The van der Waals surface area contributed by atoms with Crippen molar-refractivity contribution in [2.75, 3.05) is 0 Å². The normalized spacial score (nSPS) is 16.8. The van der Waals surface area contributed by atoms with Gasteiger partial charge in [0.25, 0.3) is 0 Å². The standard InChI is InChI=1S/C18H21ClN6/c1-12-13(18(19)24(2)23-12)10-21-15-6-5-7-16-14(15)11-22-25(16)17-8-3-4-9-20-17/h3-4,8-9,11,15,21H,5-7,10H2,1-2H3/t15-/m1/s1. The first-order chi connectivity index (χ1) is 12.1.